The van der Waals surface area contributed by atoms with Gasteiger partial charge in [0.25, 0.3) is 5.95 Å². The number of allylic oxidation sites excluding steroid dienone is 2. The minimum absolute atomic E-state index is 0.422. The fourth-order valence-corrected chi connectivity index (χ4v) is 4.60. The van der Waals surface area contributed by atoms with Gasteiger partial charge in [-0.05, 0) is 76.2 Å². The average molecular weight is 405 g/mol. The molecule has 30 heavy (non-hydrogen) atoms. The lowest BCUT2D eigenvalue weighted by Crippen LogP contribution is -2.24. The number of aromatic amines is 1. The summed E-state index contributed by atoms with van der Waals surface area (Å²) >= 11 is 0. The number of nitrogens with zero attached hydrogens (tertiary/aromatic N) is 4. The van der Waals surface area contributed by atoms with Crippen LogP contribution in [0, 0.1) is 24.7 Å². The van der Waals surface area contributed by atoms with Gasteiger partial charge in [-0.1, -0.05) is 36.8 Å². The molecule has 2 aromatic heterocycles. The van der Waals surface area contributed by atoms with Gasteiger partial charge in [0.15, 0.2) is 5.65 Å². The number of fused-ring (bicyclic) bond motifs is 3. The molecule has 1 aromatic carbocycles. The van der Waals surface area contributed by atoms with Crippen molar-refractivity contribution in [2.24, 2.45) is 22.9 Å². The van der Waals surface area contributed by atoms with E-state index in [0.717, 1.165) is 28.0 Å². The number of nitrogens with one attached hydrogen (secondary N) is 2. The molecule has 158 valence electrons. The molecule has 3 atom stereocenters. The van der Waals surface area contributed by atoms with Crippen LogP contribution >= 0.6 is 0 Å². The highest BCUT2D eigenvalue weighted by Gasteiger charge is 2.26. The van der Waals surface area contributed by atoms with Gasteiger partial charge in [-0.2, -0.15) is 10.1 Å². The Hall–Kier alpha value is -2.76. The molecular weight excluding hydrogens is 372 g/mol. The van der Waals surface area contributed by atoms with E-state index in [9.17, 15) is 0 Å². The van der Waals surface area contributed by atoms with Gasteiger partial charge in [-0.3, -0.25) is 0 Å². The molecular formula is C24H32N6. The first-order chi connectivity index (χ1) is 14.5. The Kier molecular flexibility index (Phi) is 6.11. The van der Waals surface area contributed by atoms with Crippen LogP contribution in [0.15, 0.2) is 34.9 Å². The predicted molar refractivity (Wildman–Crippen MR) is 125 cm³/mol. The number of aromatic nitrogens is 4. The second-order valence-corrected chi connectivity index (χ2v) is 9.02. The van der Waals surface area contributed by atoms with Gasteiger partial charge in [0.2, 0.25) is 0 Å². The standard InChI is InChI=1S/C24H32N6/c1-15(2)7-5-9-18-11-12-19(17(4)13-18)14-25-29-24-27-23-22(28-30-24)20-10-6-8-16(3)21(20)26-23/h6-8,10,14,17-19H,5,9,11-13H2,1-4H3,(H2,26,27,29,30)/b25-14+/t17-,18-,19+/m0/s1. The Morgan fingerprint density at radius 2 is 2.13 bits per heavy atom. The first-order valence-corrected chi connectivity index (χ1v) is 11.1. The van der Waals surface area contributed by atoms with Crippen LogP contribution in [0.2, 0.25) is 0 Å². The summed E-state index contributed by atoms with van der Waals surface area (Å²) in [6, 6.07) is 6.15. The van der Waals surface area contributed by atoms with E-state index in [1.54, 1.807) is 0 Å². The molecule has 0 saturated heterocycles. The third-order valence-corrected chi connectivity index (χ3v) is 6.36. The molecule has 2 heterocycles. The maximum atomic E-state index is 4.56. The Labute approximate surface area is 178 Å². The molecule has 2 N–H and O–H groups in total. The molecule has 6 nitrogen and oxygen atoms in total. The van der Waals surface area contributed by atoms with Gasteiger partial charge in [0.1, 0.15) is 5.52 Å². The van der Waals surface area contributed by atoms with Crippen LogP contribution in [0.1, 0.15) is 58.4 Å². The summed E-state index contributed by atoms with van der Waals surface area (Å²) in [5, 5.41) is 14.1. The van der Waals surface area contributed by atoms with E-state index in [1.807, 2.05) is 18.3 Å². The van der Waals surface area contributed by atoms with Gasteiger partial charge >= 0.3 is 0 Å². The highest BCUT2D eigenvalue weighted by Crippen LogP contribution is 2.35. The molecule has 0 bridgehead atoms. The predicted octanol–water partition coefficient (Wildman–Crippen LogP) is 6.01. The number of aryl methyl sites for hydroxylation is 1. The van der Waals surface area contributed by atoms with E-state index < -0.39 is 0 Å². The SMILES string of the molecule is CC(C)=CCC[C@H]1CC[C@H](/C=N/Nc2nnc3c(n2)[nH]c2c(C)cccc23)[C@@H](C)C1. The van der Waals surface area contributed by atoms with Crippen molar-refractivity contribution >= 4 is 34.2 Å². The van der Waals surface area contributed by atoms with Crippen LogP contribution in [-0.2, 0) is 0 Å². The number of hydrogen-bond donors (Lipinski definition) is 2. The van der Waals surface area contributed by atoms with Crippen molar-refractivity contribution in [2.75, 3.05) is 5.43 Å². The van der Waals surface area contributed by atoms with Crippen LogP contribution in [0.25, 0.3) is 22.1 Å². The summed E-state index contributed by atoms with van der Waals surface area (Å²) in [5.74, 6) is 2.42. The number of anilines is 1. The summed E-state index contributed by atoms with van der Waals surface area (Å²) in [5.41, 5.74) is 8.16. The zero-order valence-corrected chi connectivity index (χ0v) is 18.4. The molecule has 1 fully saturated rings. The number of H-pyrrole nitrogens is 1. The Balaban J connectivity index is 1.36. The van der Waals surface area contributed by atoms with E-state index in [0.29, 0.717) is 17.8 Å². The molecule has 0 amide bonds. The number of benzene rings is 1. The van der Waals surface area contributed by atoms with Gasteiger partial charge in [0.05, 0.1) is 5.52 Å². The van der Waals surface area contributed by atoms with Gasteiger partial charge in [-0.15, -0.1) is 10.2 Å². The Morgan fingerprint density at radius 3 is 2.93 bits per heavy atom. The zero-order valence-electron chi connectivity index (χ0n) is 18.4. The Bertz CT molecular complexity index is 1080. The van der Waals surface area contributed by atoms with Gasteiger partial charge in [-0.25, -0.2) is 5.43 Å². The average Bonchev–Trinajstić information content (AvgIpc) is 3.09. The van der Waals surface area contributed by atoms with E-state index in [4.69, 9.17) is 0 Å². The highest BCUT2D eigenvalue weighted by atomic mass is 15.4. The third kappa shape index (κ3) is 4.53. The van der Waals surface area contributed by atoms with Crippen molar-refractivity contribution in [3.8, 4) is 0 Å². The number of hydrazone groups is 1. The first kappa shape index (κ1) is 20.5. The Morgan fingerprint density at radius 1 is 1.27 bits per heavy atom. The minimum Gasteiger partial charge on any atom is -0.337 e. The quantitative estimate of drug-likeness (QED) is 0.299. The van der Waals surface area contributed by atoms with E-state index in [-0.39, 0.29) is 0 Å². The molecule has 4 rings (SSSR count). The monoisotopic (exact) mass is 404 g/mol. The van der Waals surface area contributed by atoms with Crippen molar-refractivity contribution in [3.63, 3.8) is 0 Å². The van der Waals surface area contributed by atoms with E-state index >= 15 is 0 Å². The minimum atomic E-state index is 0.422. The van der Waals surface area contributed by atoms with Crippen LogP contribution in [0.4, 0.5) is 5.95 Å². The number of hydrogen-bond acceptors (Lipinski definition) is 5. The summed E-state index contributed by atoms with van der Waals surface area (Å²) in [4.78, 5) is 7.91. The number of rotatable bonds is 6. The lowest BCUT2D eigenvalue weighted by molar-refractivity contribution is 0.235. The van der Waals surface area contributed by atoms with Crippen LogP contribution in [0.3, 0.4) is 0 Å². The summed E-state index contributed by atoms with van der Waals surface area (Å²) < 4.78 is 0. The van der Waals surface area contributed by atoms with E-state index in [2.05, 4.69) is 70.5 Å². The topological polar surface area (TPSA) is 78.8 Å². The smallest absolute Gasteiger partial charge is 0.265 e. The molecule has 0 spiro atoms. The van der Waals surface area contributed by atoms with Crippen molar-refractivity contribution < 1.29 is 0 Å². The molecule has 3 aromatic rings. The highest BCUT2D eigenvalue weighted by molar-refractivity contribution is 6.04. The largest absolute Gasteiger partial charge is 0.337 e. The van der Waals surface area contributed by atoms with Gasteiger partial charge in [0, 0.05) is 11.6 Å². The van der Waals surface area contributed by atoms with E-state index in [1.165, 1.54) is 43.2 Å². The molecule has 0 radical (unpaired) electrons. The summed E-state index contributed by atoms with van der Waals surface area (Å²) in [7, 11) is 0. The fraction of sp³-hybridized carbons (Fsp3) is 0.500. The van der Waals surface area contributed by atoms with Crippen LogP contribution < -0.4 is 5.43 Å². The normalized spacial score (nSPS) is 22.1. The zero-order chi connectivity index (χ0) is 21.1. The molecule has 0 aliphatic heterocycles. The fourth-order valence-electron chi connectivity index (χ4n) is 4.60. The lowest BCUT2D eigenvalue weighted by atomic mass is 9.74. The summed E-state index contributed by atoms with van der Waals surface area (Å²) in [6.07, 6.45) is 10.7. The maximum Gasteiger partial charge on any atom is 0.265 e. The third-order valence-electron chi connectivity index (χ3n) is 6.36. The lowest BCUT2D eigenvalue weighted by Gasteiger charge is -2.32. The van der Waals surface area contributed by atoms with Crippen LogP contribution in [-0.4, -0.2) is 26.4 Å². The van der Waals surface area contributed by atoms with Crippen molar-refractivity contribution in [1.82, 2.24) is 20.2 Å². The van der Waals surface area contributed by atoms with Gasteiger partial charge < -0.3 is 4.98 Å². The first-order valence-electron chi connectivity index (χ1n) is 11.1. The molecule has 6 heteroatoms. The molecule has 1 saturated carbocycles. The maximum absolute atomic E-state index is 4.56. The molecule has 0 unspecified atom stereocenters. The van der Waals surface area contributed by atoms with Crippen molar-refractivity contribution in [2.45, 2.75) is 59.8 Å². The molecule has 1 aliphatic rings. The second-order valence-electron chi connectivity index (χ2n) is 9.02. The van der Waals surface area contributed by atoms with Crippen LogP contribution in [0.5, 0.6) is 0 Å². The van der Waals surface area contributed by atoms with Crippen molar-refractivity contribution in [1.29, 1.82) is 0 Å². The summed E-state index contributed by atoms with van der Waals surface area (Å²) in [6.45, 7) is 8.78. The van der Waals surface area contributed by atoms with Crippen molar-refractivity contribution in [3.05, 3.63) is 35.4 Å². The molecule has 1 aliphatic carbocycles. The second kappa shape index (κ2) is 8.94. The number of para-hydroxylation sites is 1.